The Morgan fingerprint density at radius 2 is 2.08 bits per heavy atom. The molecule has 0 radical (unpaired) electrons. The van der Waals surface area contributed by atoms with Gasteiger partial charge in [0.05, 0.1) is 16.7 Å². The lowest BCUT2D eigenvalue weighted by atomic mass is 9.85. The van der Waals surface area contributed by atoms with Gasteiger partial charge in [0.15, 0.2) is 6.61 Å². The summed E-state index contributed by atoms with van der Waals surface area (Å²) in [6.45, 7) is -0.475. The third-order valence-corrected chi connectivity index (χ3v) is 5.36. The zero-order valence-electron chi connectivity index (χ0n) is 13.4. The van der Waals surface area contributed by atoms with Gasteiger partial charge in [0.25, 0.3) is 5.91 Å². The molecule has 1 aliphatic carbocycles. The van der Waals surface area contributed by atoms with Gasteiger partial charge in [-0.3, -0.25) is 9.59 Å². The van der Waals surface area contributed by atoms with Gasteiger partial charge in [0, 0.05) is 10.9 Å². The van der Waals surface area contributed by atoms with Crippen LogP contribution in [0.25, 0.3) is 0 Å². The third kappa shape index (κ3) is 6.86. The summed E-state index contributed by atoms with van der Waals surface area (Å²) in [6, 6.07) is 3.02. The summed E-state index contributed by atoms with van der Waals surface area (Å²) in [5.41, 5.74) is 0. The van der Waals surface area contributed by atoms with Crippen LogP contribution in [-0.2, 0) is 20.7 Å². The molecular formula is C16H19ClF3NO3S. The first-order valence-corrected chi connectivity index (χ1v) is 9.19. The molecular weight excluding hydrogens is 379 g/mol. The predicted molar refractivity (Wildman–Crippen MR) is 88.6 cm³/mol. The van der Waals surface area contributed by atoms with Crippen LogP contribution in [0.4, 0.5) is 13.2 Å². The van der Waals surface area contributed by atoms with E-state index in [0.717, 1.165) is 4.88 Å². The molecule has 1 aromatic heterocycles. The highest BCUT2D eigenvalue weighted by molar-refractivity contribution is 7.16. The van der Waals surface area contributed by atoms with Crippen molar-refractivity contribution in [2.45, 2.75) is 50.7 Å². The molecule has 1 saturated carbocycles. The highest BCUT2D eigenvalue weighted by atomic mass is 35.5. The molecule has 0 saturated heterocycles. The van der Waals surface area contributed by atoms with Crippen LogP contribution in [0.1, 0.15) is 37.0 Å². The Kier molecular flexibility index (Phi) is 7.13. The number of carbonyl (C=O) groups excluding carboxylic acids is 2. The number of nitrogens with one attached hydrogen (secondary N) is 1. The fraction of sp³-hybridized carbons (Fsp3) is 0.625. The number of thiophene rings is 1. The summed E-state index contributed by atoms with van der Waals surface area (Å²) in [5, 5.41) is 2.52. The SMILES string of the molecule is O=C(COC(=O)CCc1ccc(Cl)s1)N[C@@H]1CCC[C@@H](C(F)(F)F)C1. The molecule has 0 unspecified atom stereocenters. The van der Waals surface area contributed by atoms with Crippen molar-refractivity contribution in [3.63, 3.8) is 0 Å². The molecule has 0 bridgehead atoms. The van der Waals surface area contributed by atoms with Crippen molar-refractivity contribution in [1.29, 1.82) is 0 Å². The number of esters is 1. The number of hydrogen-bond acceptors (Lipinski definition) is 4. The molecule has 25 heavy (non-hydrogen) atoms. The lowest BCUT2D eigenvalue weighted by molar-refractivity contribution is -0.184. The van der Waals surface area contributed by atoms with Gasteiger partial charge in [-0.2, -0.15) is 13.2 Å². The van der Waals surface area contributed by atoms with E-state index in [1.54, 1.807) is 6.07 Å². The maximum Gasteiger partial charge on any atom is 0.391 e. The molecule has 1 fully saturated rings. The molecule has 9 heteroatoms. The lowest BCUT2D eigenvalue weighted by Gasteiger charge is -2.30. The minimum atomic E-state index is -4.24. The molecule has 2 rings (SSSR count). The van der Waals surface area contributed by atoms with Gasteiger partial charge in [-0.25, -0.2) is 0 Å². The first kappa shape index (κ1) is 20.0. The van der Waals surface area contributed by atoms with Crippen molar-refractivity contribution >= 4 is 34.8 Å². The zero-order valence-corrected chi connectivity index (χ0v) is 15.0. The van der Waals surface area contributed by atoms with Crippen LogP contribution in [0.5, 0.6) is 0 Å². The molecule has 1 heterocycles. The average molecular weight is 398 g/mol. The molecule has 1 aromatic rings. The highest BCUT2D eigenvalue weighted by Gasteiger charge is 2.42. The van der Waals surface area contributed by atoms with E-state index in [0.29, 0.717) is 23.6 Å². The van der Waals surface area contributed by atoms with Crippen LogP contribution >= 0.6 is 22.9 Å². The van der Waals surface area contributed by atoms with Gasteiger partial charge in [-0.15, -0.1) is 11.3 Å². The maximum absolute atomic E-state index is 12.7. The smallest absolute Gasteiger partial charge is 0.391 e. The van der Waals surface area contributed by atoms with Crippen LogP contribution in [0.3, 0.4) is 0 Å². The van der Waals surface area contributed by atoms with Gasteiger partial charge in [0.1, 0.15) is 0 Å². The second kappa shape index (κ2) is 8.89. The second-order valence-corrected chi connectivity index (χ2v) is 7.84. The van der Waals surface area contributed by atoms with Crippen LogP contribution < -0.4 is 5.32 Å². The summed E-state index contributed by atoms with van der Waals surface area (Å²) >= 11 is 7.15. The molecule has 1 amide bonds. The number of alkyl halides is 3. The van der Waals surface area contributed by atoms with Crippen LogP contribution in [0, 0.1) is 5.92 Å². The van der Waals surface area contributed by atoms with Crippen molar-refractivity contribution < 1.29 is 27.5 Å². The van der Waals surface area contributed by atoms with E-state index in [1.807, 2.05) is 6.07 Å². The zero-order chi connectivity index (χ0) is 18.4. The number of ether oxygens (including phenoxy) is 1. The Hall–Kier alpha value is -1.28. The van der Waals surface area contributed by atoms with Gasteiger partial charge < -0.3 is 10.1 Å². The largest absolute Gasteiger partial charge is 0.456 e. The van der Waals surface area contributed by atoms with E-state index in [4.69, 9.17) is 16.3 Å². The molecule has 0 aromatic carbocycles. The summed E-state index contributed by atoms with van der Waals surface area (Å²) in [6.07, 6.45) is -2.76. The number of amides is 1. The summed E-state index contributed by atoms with van der Waals surface area (Å²) < 4.78 is 43.7. The van der Waals surface area contributed by atoms with E-state index < -0.39 is 36.6 Å². The van der Waals surface area contributed by atoms with Crippen molar-refractivity contribution in [2.75, 3.05) is 6.61 Å². The second-order valence-electron chi connectivity index (χ2n) is 6.04. The van der Waals surface area contributed by atoms with E-state index in [9.17, 15) is 22.8 Å². The number of aryl methyl sites for hydroxylation is 1. The van der Waals surface area contributed by atoms with Crippen LogP contribution in [-0.4, -0.2) is 30.7 Å². The molecule has 0 spiro atoms. The van der Waals surface area contributed by atoms with Crippen molar-refractivity contribution in [3.05, 3.63) is 21.3 Å². The monoisotopic (exact) mass is 397 g/mol. The lowest BCUT2D eigenvalue weighted by Crippen LogP contribution is -2.43. The van der Waals surface area contributed by atoms with Crippen molar-refractivity contribution in [1.82, 2.24) is 5.32 Å². The van der Waals surface area contributed by atoms with Gasteiger partial charge >= 0.3 is 12.1 Å². The molecule has 140 valence electrons. The first-order chi connectivity index (χ1) is 11.7. The standard InChI is InChI=1S/C16H19ClF3NO3S/c17-13-6-4-12(25-13)5-7-15(23)24-9-14(22)21-11-3-1-2-10(8-11)16(18,19)20/h4,6,10-11H,1-3,5,7-9H2,(H,21,22)/t10-,11-/m1/s1. The highest BCUT2D eigenvalue weighted by Crippen LogP contribution is 2.37. The number of carbonyl (C=O) groups is 2. The van der Waals surface area contributed by atoms with E-state index in [-0.39, 0.29) is 19.3 Å². The van der Waals surface area contributed by atoms with Crippen molar-refractivity contribution in [3.8, 4) is 0 Å². The van der Waals surface area contributed by atoms with E-state index >= 15 is 0 Å². The van der Waals surface area contributed by atoms with E-state index in [2.05, 4.69) is 5.32 Å². The fourth-order valence-corrected chi connectivity index (χ4v) is 3.90. The summed E-state index contributed by atoms with van der Waals surface area (Å²) in [4.78, 5) is 24.3. The Bertz CT molecular complexity index is 606. The van der Waals surface area contributed by atoms with Gasteiger partial charge in [-0.1, -0.05) is 18.0 Å². The molecule has 2 atom stereocenters. The number of hydrogen-bond donors (Lipinski definition) is 1. The minimum Gasteiger partial charge on any atom is -0.456 e. The summed E-state index contributed by atoms with van der Waals surface area (Å²) in [5.74, 6) is -2.48. The first-order valence-electron chi connectivity index (χ1n) is 8.00. The topological polar surface area (TPSA) is 55.4 Å². The fourth-order valence-electron chi connectivity index (χ4n) is 2.82. The Morgan fingerprint density at radius 3 is 2.72 bits per heavy atom. The Labute approximate surface area is 152 Å². The Balaban J connectivity index is 1.67. The number of rotatable bonds is 6. The van der Waals surface area contributed by atoms with Crippen LogP contribution in [0.2, 0.25) is 4.34 Å². The predicted octanol–water partition coefficient (Wildman–Crippen LogP) is 4.11. The maximum atomic E-state index is 12.7. The minimum absolute atomic E-state index is 0.0948. The quantitative estimate of drug-likeness (QED) is 0.735. The summed E-state index contributed by atoms with van der Waals surface area (Å²) in [7, 11) is 0. The molecule has 1 N–H and O–H groups in total. The molecule has 0 aliphatic heterocycles. The van der Waals surface area contributed by atoms with Crippen LogP contribution in [0.15, 0.2) is 12.1 Å². The average Bonchev–Trinajstić information content (AvgIpc) is 2.96. The van der Waals surface area contributed by atoms with Gasteiger partial charge in [0.2, 0.25) is 0 Å². The number of halogens is 4. The third-order valence-electron chi connectivity index (χ3n) is 4.07. The molecule has 4 nitrogen and oxygen atoms in total. The Morgan fingerprint density at radius 1 is 1.32 bits per heavy atom. The van der Waals surface area contributed by atoms with E-state index in [1.165, 1.54) is 11.3 Å². The molecule has 1 aliphatic rings. The van der Waals surface area contributed by atoms with Crippen molar-refractivity contribution in [2.24, 2.45) is 5.92 Å². The normalized spacial score (nSPS) is 21.0. The van der Waals surface area contributed by atoms with Gasteiger partial charge in [-0.05, 0) is 37.8 Å².